The van der Waals surface area contributed by atoms with Crippen molar-refractivity contribution < 1.29 is 13.7 Å². The first-order valence-electron chi connectivity index (χ1n) is 10.4. The third-order valence-electron chi connectivity index (χ3n) is 4.97. The predicted molar refractivity (Wildman–Crippen MR) is 128 cm³/mol. The van der Waals surface area contributed by atoms with E-state index in [0.29, 0.717) is 6.61 Å². The fourth-order valence-corrected chi connectivity index (χ4v) is 5.59. The summed E-state index contributed by atoms with van der Waals surface area (Å²) in [5, 5.41) is 5.98. The first kappa shape index (κ1) is 25.6. The Morgan fingerprint density at radius 2 is 1.74 bits per heavy atom. The highest BCUT2D eigenvalue weighted by Crippen LogP contribution is 2.32. The van der Waals surface area contributed by atoms with Gasteiger partial charge in [0, 0.05) is 18.2 Å². The number of nitrogens with two attached hydrogens (primary N) is 1. The van der Waals surface area contributed by atoms with Gasteiger partial charge in [0.2, 0.25) is 4.34 Å². The zero-order chi connectivity index (χ0) is 23.6. The summed E-state index contributed by atoms with van der Waals surface area (Å²) in [5.41, 5.74) is 4.02. The fourth-order valence-electron chi connectivity index (χ4n) is 3.38. The summed E-state index contributed by atoms with van der Waals surface area (Å²) in [6.07, 6.45) is 1.72. The van der Waals surface area contributed by atoms with E-state index in [1.165, 1.54) is 11.3 Å². The fraction of sp³-hybridized carbons (Fsp3) is 0.565. The minimum absolute atomic E-state index is 0.0555. The first-order chi connectivity index (χ1) is 14.3. The molecule has 8 heteroatoms. The van der Waals surface area contributed by atoms with Gasteiger partial charge in [-0.1, -0.05) is 60.6 Å². The Morgan fingerprint density at radius 3 is 2.16 bits per heavy atom. The van der Waals surface area contributed by atoms with Crippen LogP contribution in [0.5, 0.6) is 0 Å². The molecule has 172 valence electrons. The molecule has 1 aromatic carbocycles. The highest BCUT2D eigenvalue weighted by Gasteiger charge is 2.23. The number of hydrogen-bond donors (Lipinski definition) is 1. The Bertz CT molecular complexity index is 1030. The maximum Gasteiger partial charge on any atom is 0.259 e. The lowest BCUT2D eigenvalue weighted by Gasteiger charge is -2.21. The van der Waals surface area contributed by atoms with E-state index in [4.69, 9.17) is 9.88 Å². The molecule has 0 bridgehead atoms. The summed E-state index contributed by atoms with van der Waals surface area (Å²) in [6.45, 7) is 15.0. The van der Waals surface area contributed by atoms with Crippen molar-refractivity contribution in [1.82, 2.24) is 4.98 Å². The molecule has 6 nitrogen and oxygen atoms in total. The molecule has 1 unspecified atom stereocenters. The van der Waals surface area contributed by atoms with Crippen LogP contribution < -0.4 is 5.14 Å². The van der Waals surface area contributed by atoms with E-state index in [1.807, 2.05) is 20.8 Å². The van der Waals surface area contributed by atoms with E-state index in [1.54, 1.807) is 13.3 Å². The molecule has 0 aliphatic heterocycles. The van der Waals surface area contributed by atoms with E-state index in [2.05, 4.69) is 49.2 Å². The standard InChI is InChI=1S/C23H35N3O3S2/c1-14(2)17-9-16(13-29-8)10-18(15(3)4)19(17)11-21(27)26-31(24,28)22-25-12-20(30-22)23(5,6)7/h9-10,12,14-15H,11,13H2,1-8H3,(H2,24,26,27,28). The Hall–Kier alpha value is -1.61. The number of nitrogens with zero attached hydrogens (tertiary/aromatic N) is 2. The Balaban J connectivity index is 2.46. The number of benzene rings is 1. The molecule has 1 atom stereocenters. The van der Waals surface area contributed by atoms with Gasteiger partial charge >= 0.3 is 0 Å². The van der Waals surface area contributed by atoms with Crippen molar-refractivity contribution in [3.63, 3.8) is 0 Å². The molecule has 31 heavy (non-hydrogen) atoms. The quantitative estimate of drug-likeness (QED) is 0.600. The van der Waals surface area contributed by atoms with Crippen LogP contribution in [0.25, 0.3) is 0 Å². The maximum atomic E-state index is 13.0. The second kappa shape index (κ2) is 9.90. The number of carbonyl (C=O) groups is 1. The van der Waals surface area contributed by atoms with Gasteiger partial charge in [0.05, 0.1) is 13.0 Å². The molecule has 0 radical (unpaired) electrons. The van der Waals surface area contributed by atoms with Crippen LogP contribution in [0.3, 0.4) is 0 Å². The largest absolute Gasteiger partial charge is 0.380 e. The topological polar surface area (TPSA) is 94.6 Å². The molecular weight excluding hydrogens is 430 g/mol. The second-order valence-corrected chi connectivity index (χ2v) is 12.5. The van der Waals surface area contributed by atoms with Crippen LogP contribution >= 0.6 is 11.3 Å². The Labute approximate surface area is 190 Å². The predicted octanol–water partition coefficient (Wildman–Crippen LogP) is 5.30. The number of ether oxygens (including phenoxy) is 1. The Morgan fingerprint density at radius 1 is 1.19 bits per heavy atom. The maximum absolute atomic E-state index is 13.0. The Kier molecular flexibility index (Phi) is 8.19. The third kappa shape index (κ3) is 6.44. The summed E-state index contributed by atoms with van der Waals surface area (Å²) in [5.74, 6) is -0.0661. The molecule has 0 saturated carbocycles. The van der Waals surface area contributed by atoms with E-state index >= 15 is 0 Å². The molecule has 0 aliphatic rings. The molecule has 2 rings (SSSR count). The van der Waals surface area contributed by atoms with Crippen LogP contribution in [0.2, 0.25) is 0 Å². The summed E-state index contributed by atoms with van der Waals surface area (Å²) < 4.78 is 22.4. The number of methoxy groups -OCH3 is 1. The average Bonchev–Trinajstić information content (AvgIpc) is 3.13. The van der Waals surface area contributed by atoms with Crippen molar-refractivity contribution in [2.75, 3.05) is 7.11 Å². The van der Waals surface area contributed by atoms with Gasteiger partial charge < -0.3 is 4.74 Å². The number of amides is 1. The monoisotopic (exact) mass is 465 g/mol. The molecule has 2 N–H and O–H groups in total. The van der Waals surface area contributed by atoms with Gasteiger partial charge in [0.15, 0.2) is 9.92 Å². The minimum Gasteiger partial charge on any atom is -0.380 e. The molecule has 0 spiro atoms. The van der Waals surface area contributed by atoms with Crippen LogP contribution in [0.15, 0.2) is 27.0 Å². The normalized spacial score (nSPS) is 14.2. The van der Waals surface area contributed by atoms with E-state index in [-0.39, 0.29) is 28.0 Å². The van der Waals surface area contributed by atoms with Crippen molar-refractivity contribution in [3.8, 4) is 0 Å². The van der Waals surface area contributed by atoms with Gasteiger partial charge in [-0.3, -0.25) is 4.79 Å². The van der Waals surface area contributed by atoms with Crippen molar-refractivity contribution in [2.24, 2.45) is 9.50 Å². The van der Waals surface area contributed by atoms with E-state index in [9.17, 15) is 9.00 Å². The average molecular weight is 466 g/mol. The molecule has 0 aliphatic carbocycles. The summed E-state index contributed by atoms with van der Waals surface area (Å²) in [7, 11) is -1.72. The molecule has 1 amide bonds. The van der Waals surface area contributed by atoms with Gasteiger partial charge in [-0.15, -0.1) is 15.7 Å². The van der Waals surface area contributed by atoms with Crippen molar-refractivity contribution in [2.45, 2.75) is 83.1 Å². The number of aromatic nitrogens is 1. The van der Waals surface area contributed by atoms with Crippen molar-refractivity contribution in [3.05, 3.63) is 45.5 Å². The number of thiazole rings is 1. The smallest absolute Gasteiger partial charge is 0.259 e. The van der Waals surface area contributed by atoms with Crippen LogP contribution in [-0.2, 0) is 37.9 Å². The van der Waals surface area contributed by atoms with Crippen molar-refractivity contribution >= 4 is 27.2 Å². The molecule has 1 aromatic heterocycles. The SMILES string of the molecule is COCc1cc(C(C)C)c(CC(=O)N=S(N)(=O)c2ncc(C(C)(C)C)s2)c(C(C)C)c1. The van der Waals surface area contributed by atoms with Gasteiger partial charge in [-0.25, -0.2) is 14.3 Å². The lowest BCUT2D eigenvalue weighted by molar-refractivity contribution is -0.117. The van der Waals surface area contributed by atoms with Gasteiger partial charge in [0.1, 0.15) is 0 Å². The number of rotatable bonds is 7. The zero-order valence-electron chi connectivity index (χ0n) is 19.8. The molecule has 0 fully saturated rings. The summed E-state index contributed by atoms with van der Waals surface area (Å²) in [6, 6.07) is 4.16. The highest BCUT2D eigenvalue weighted by atomic mass is 32.2. The van der Waals surface area contributed by atoms with Gasteiger partial charge in [-0.2, -0.15) is 0 Å². The van der Waals surface area contributed by atoms with Crippen LogP contribution in [0.4, 0.5) is 0 Å². The minimum atomic E-state index is -3.39. The van der Waals surface area contributed by atoms with E-state index in [0.717, 1.165) is 27.1 Å². The number of carbonyl (C=O) groups excluding carboxylic acids is 1. The van der Waals surface area contributed by atoms with Crippen LogP contribution in [0.1, 0.15) is 87.4 Å². The van der Waals surface area contributed by atoms with Crippen molar-refractivity contribution in [1.29, 1.82) is 0 Å². The summed E-state index contributed by atoms with van der Waals surface area (Å²) >= 11 is 1.25. The highest BCUT2D eigenvalue weighted by molar-refractivity contribution is 7.93. The molecule has 1 heterocycles. The second-order valence-electron chi connectivity index (χ2n) is 9.47. The van der Waals surface area contributed by atoms with Crippen LogP contribution in [-0.4, -0.2) is 22.2 Å². The van der Waals surface area contributed by atoms with Gasteiger partial charge in [-0.05, 0) is 39.5 Å². The first-order valence-corrected chi connectivity index (χ1v) is 12.8. The van der Waals surface area contributed by atoms with E-state index < -0.39 is 15.8 Å². The number of hydrogen-bond acceptors (Lipinski definition) is 5. The van der Waals surface area contributed by atoms with Crippen LogP contribution in [0, 0.1) is 0 Å². The van der Waals surface area contributed by atoms with Gasteiger partial charge in [0.25, 0.3) is 5.91 Å². The zero-order valence-corrected chi connectivity index (χ0v) is 21.4. The molecular formula is C23H35N3O3S2. The summed E-state index contributed by atoms with van der Waals surface area (Å²) in [4.78, 5) is 18.0. The lowest BCUT2D eigenvalue weighted by atomic mass is 9.85. The third-order valence-corrected chi connectivity index (χ3v) is 8.24. The molecule has 0 saturated heterocycles. The molecule has 2 aromatic rings. The lowest BCUT2D eigenvalue weighted by Crippen LogP contribution is -2.17.